The summed E-state index contributed by atoms with van der Waals surface area (Å²) in [7, 11) is 0. The van der Waals surface area contributed by atoms with Crippen molar-refractivity contribution < 1.29 is 19.5 Å². The van der Waals surface area contributed by atoms with Crippen LogP contribution in [0, 0.1) is 5.92 Å². The van der Waals surface area contributed by atoms with Crippen molar-refractivity contribution in [3.8, 4) is 0 Å². The first kappa shape index (κ1) is 21.6. The van der Waals surface area contributed by atoms with Crippen LogP contribution in [0.15, 0.2) is 24.3 Å². The second-order valence-electron chi connectivity index (χ2n) is 6.51. The van der Waals surface area contributed by atoms with E-state index in [-0.39, 0.29) is 36.8 Å². The van der Waals surface area contributed by atoms with Gasteiger partial charge in [0, 0.05) is 12.1 Å². The van der Waals surface area contributed by atoms with Crippen LogP contribution < -0.4 is 16.0 Å². The van der Waals surface area contributed by atoms with Crippen LogP contribution in [-0.4, -0.2) is 35.4 Å². The number of benzene rings is 1. The van der Waals surface area contributed by atoms with Crippen LogP contribution in [-0.2, 0) is 21.0 Å². The quantitative estimate of drug-likeness (QED) is 0.506. The van der Waals surface area contributed by atoms with Gasteiger partial charge in [0.05, 0.1) is 13.2 Å². The number of anilines is 1. The Morgan fingerprint density at radius 3 is 2.27 bits per heavy atom. The van der Waals surface area contributed by atoms with Crippen LogP contribution in [0.3, 0.4) is 0 Å². The van der Waals surface area contributed by atoms with Crippen molar-refractivity contribution in [3.05, 3.63) is 29.8 Å². The number of hydrogen-bond donors (Lipinski definition) is 4. The van der Waals surface area contributed by atoms with Crippen molar-refractivity contribution >= 4 is 23.4 Å². The summed E-state index contributed by atoms with van der Waals surface area (Å²) in [5.41, 5.74) is 1.32. The molecule has 0 aliphatic heterocycles. The highest BCUT2D eigenvalue weighted by molar-refractivity contribution is 5.96. The Bertz CT molecular complexity index is 599. The lowest BCUT2D eigenvalue weighted by molar-refractivity contribution is -0.130. The largest absolute Gasteiger partial charge is 0.392 e. The number of rotatable bonds is 10. The molecule has 0 radical (unpaired) electrons. The summed E-state index contributed by atoms with van der Waals surface area (Å²) in [5.74, 6) is -0.991. The van der Waals surface area contributed by atoms with E-state index in [0.717, 1.165) is 18.4 Å². The Morgan fingerprint density at radius 2 is 1.73 bits per heavy atom. The van der Waals surface area contributed by atoms with E-state index >= 15 is 0 Å². The zero-order valence-electron chi connectivity index (χ0n) is 15.7. The molecule has 7 nitrogen and oxygen atoms in total. The first-order valence-electron chi connectivity index (χ1n) is 8.94. The predicted octanol–water partition coefficient (Wildman–Crippen LogP) is 1.56. The number of aliphatic hydroxyl groups is 1. The fourth-order valence-electron chi connectivity index (χ4n) is 2.29. The molecule has 7 heteroatoms. The van der Waals surface area contributed by atoms with Crippen LogP contribution in [0.1, 0.15) is 45.6 Å². The monoisotopic (exact) mass is 363 g/mol. The van der Waals surface area contributed by atoms with Crippen LogP contribution in [0.25, 0.3) is 0 Å². The van der Waals surface area contributed by atoms with E-state index in [1.807, 2.05) is 20.8 Å². The highest BCUT2D eigenvalue weighted by Gasteiger charge is 2.24. The van der Waals surface area contributed by atoms with Gasteiger partial charge in [-0.3, -0.25) is 14.4 Å². The van der Waals surface area contributed by atoms with Gasteiger partial charge < -0.3 is 21.1 Å². The maximum atomic E-state index is 12.3. The average molecular weight is 363 g/mol. The number of hydrogen-bond acceptors (Lipinski definition) is 4. The van der Waals surface area contributed by atoms with Gasteiger partial charge in [-0.25, -0.2) is 0 Å². The molecule has 0 saturated heterocycles. The normalized spacial score (nSPS) is 11.7. The number of carbonyl (C=O) groups is 3. The Labute approximate surface area is 154 Å². The predicted molar refractivity (Wildman–Crippen MR) is 100 cm³/mol. The minimum Gasteiger partial charge on any atom is -0.392 e. The van der Waals surface area contributed by atoms with E-state index in [2.05, 4.69) is 16.0 Å². The molecule has 0 heterocycles. The van der Waals surface area contributed by atoms with Crippen molar-refractivity contribution in [3.63, 3.8) is 0 Å². The molecular formula is C19H29N3O4. The Balaban J connectivity index is 2.49. The topological polar surface area (TPSA) is 108 Å². The molecular weight excluding hydrogens is 334 g/mol. The second-order valence-corrected chi connectivity index (χ2v) is 6.51. The molecule has 3 amide bonds. The molecule has 144 valence electrons. The van der Waals surface area contributed by atoms with Crippen molar-refractivity contribution in [2.24, 2.45) is 5.92 Å². The summed E-state index contributed by atoms with van der Waals surface area (Å²) in [4.78, 5) is 36.1. The molecule has 0 aromatic heterocycles. The van der Waals surface area contributed by atoms with Gasteiger partial charge in [0.1, 0.15) is 6.04 Å². The lowest BCUT2D eigenvalue weighted by Crippen LogP contribution is -2.51. The fraction of sp³-hybridized carbons (Fsp3) is 0.526. The molecule has 26 heavy (non-hydrogen) atoms. The first-order chi connectivity index (χ1) is 12.4. The Morgan fingerprint density at radius 1 is 1.08 bits per heavy atom. The van der Waals surface area contributed by atoms with Gasteiger partial charge >= 0.3 is 0 Å². The number of carbonyl (C=O) groups excluding carboxylic acids is 3. The smallest absolute Gasteiger partial charge is 0.243 e. The van der Waals surface area contributed by atoms with Gasteiger partial charge in [0.2, 0.25) is 17.7 Å². The number of unbranched alkanes of at least 4 members (excludes halogenated alkanes) is 1. The van der Waals surface area contributed by atoms with E-state index in [9.17, 15) is 14.4 Å². The van der Waals surface area contributed by atoms with E-state index in [4.69, 9.17) is 5.11 Å². The molecule has 1 unspecified atom stereocenters. The van der Waals surface area contributed by atoms with Crippen molar-refractivity contribution in [1.82, 2.24) is 10.6 Å². The molecule has 0 spiro atoms. The number of aliphatic hydroxyl groups excluding tert-OH is 1. The molecule has 0 fully saturated rings. The Kier molecular flexibility index (Phi) is 9.36. The highest BCUT2D eigenvalue weighted by atomic mass is 16.3. The third-order valence-electron chi connectivity index (χ3n) is 3.87. The second kappa shape index (κ2) is 11.3. The molecule has 0 bridgehead atoms. The van der Waals surface area contributed by atoms with Gasteiger partial charge in [0.15, 0.2) is 0 Å². The molecule has 0 saturated carbocycles. The van der Waals surface area contributed by atoms with Crippen molar-refractivity contribution in [1.29, 1.82) is 0 Å². The zero-order chi connectivity index (χ0) is 19.5. The van der Waals surface area contributed by atoms with Crippen LogP contribution >= 0.6 is 0 Å². The summed E-state index contributed by atoms with van der Waals surface area (Å²) in [6, 6.07) is 6.09. The standard InChI is InChI=1S/C19H29N3O4/c1-4-5-6-16(24)22-18(13(2)3)19(26)20-11-17(25)21-15-9-7-14(12-23)8-10-15/h7-10,13,18,23H,4-6,11-12H2,1-3H3,(H,20,26)(H,21,25)(H,22,24). The van der Waals surface area contributed by atoms with Gasteiger partial charge in [-0.1, -0.05) is 39.3 Å². The maximum absolute atomic E-state index is 12.3. The lowest BCUT2D eigenvalue weighted by Gasteiger charge is -2.21. The molecule has 0 aliphatic carbocycles. The van der Waals surface area contributed by atoms with E-state index in [1.54, 1.807) is 24.3 Å². The minimum absolute atomic E-state index is 0.0646. The summed E-state index contributed by atoms with van der Waals surface area (Å²) in [6.07, 6.45) is 2.07. The third-order valence-corrected chi connectivity index (χ3v) is 3.87. The van der Waals surface area contributed by atoms with Crippen molar-refractivity contribution in [2.45, 2.75) is 52.7 Å². The molecule has 0 aliphatic rings. The fourth-order valence-corrected chi connectivity index (χ4v) is 2.29. The third kappa shape index (κ3) is 7.65. The minimum atomic E-state index is -0.670. The molecule has 1 atom stereocenters. The SMILES string of the molecule is CCCCC(=O)NC(C(=O)NCC(=O)Nc1ccc(CO)cc1)C(C)C. The van der Waals surface area contributed by atoms with E-state index in [1.165, 1.54) is 0 Å². The molecule has 4 N–H and O–H groups in total. The van der Waals surface area contributed by atoms with Gasteiger partial charge in [-0.15, -0.1) is 0 Å². The van der Waals surface area contributed by atoms with Gasteiger partial charge in [0.25, 0.3) is 0 Å². The van der Waals surface area contributed by atoms with Gasteiger partial charge in [-0.2, -0.15) is 0 Å². The van der Waals surface area contributed by atoms with Crippen LogP contribution in [0.4, 0.5) is 5.69 Å². The van der Waals surface area contributed by atoms with Crippen molar-refractivity contribution in [2.75, 3.05) is 11.9 Å². The summed E-state index contributed by atoms with van der Waals surface area (Å²) in [6.45, 7) is 5.43. The number of nitrogens with one attached hydrogen (secondary N) is 3. The molecule has 1 aromatic rings. The van der Waals surface area contributed by atoms with Gasteiger partial charge in [-0.05, 0) is 30.0 Å². The average Bonchev–Trinajstić information content (AvgIpc) is 2.62. The zero-order valence-corrected chi connectivity index (χ0v) is 15.7. The number of amides is 3. The first-order valence-corrected chi connectivity index (χ1v) is 8.94. The van der Waals surface area contributed by atoms with Crippen LogP contribution in [0.2, 0.25) is 0 Å². The van der Waals surface area contributed by atoms with E-state index < -0.39 is 6.04 Å². The Hall–Kier alpha value is -2.41. The molecule has 1 aromatic carbocycles. The van der Waals surface area contributed by atoms with Crippen LogP contribution in [0.5, 0.6) is 0 Å². The summed E-state index contributed by atoms with van der Waals surface area (Å²) in [5, 5.41) is 17.0. The lowest BCUT2D eigenvalue weighted by atomic mass is 10.0. The summed E-state index contributed by atoms with van der Waals surface area (Å²) < 4.78 is 0. The summed E-state index contributed by atoms with van der Waals surface area (Å²) >= 11 is 0. The maximum Gasteiger partial charge on any atom is 0.243 e. The van der Waals surface area contributed by atoms with E-state index in [0.29, 0.717) is 12.1 Å². The molecule has 1 rings (SSSR count). The highest BCUT2D eigenvalue weighted by Crippen LogP contribution is 2.09.